The first-order valence-corrected chi connectivity index (χ1v) is 7.69. The highest BCUT2D eigenvalue weighted by molar-refractivity contribution is 7.89. The van der Waals surface area contributed by atoms with Gasteiger partial charge in [0.2, 0.25) is 10.0 Å². The van der Waals surface area contributed by atoms with E-state index in [1.165, 1.54) is 18.3 Å². The fourth-order valence-electron chi connectivity index (χ4n) is 1.94. The van der Waals surface area contributed by atoms with Crippen LogP contribution in [0.1, 0.15) is 19.0 Å². The highest BCUT2D eigenvalue weighted by atomic mass is 32.2. The molecule has 6 nitrogen and oxygen atoms in total. The summed E-state index contributed by atoms with van der Waals surface area (Å²) < 4.78 is 32.6. The molecular formula is C11H15N3O3S2. The van der Waals surface area contributed by atoms with Crippen molar-refractivity contribution in [2.75, 3.05) is 6.61 Å². The van der Waals surface area contributed by atoms with Crippen molar-refractivity contribution in [1.29, 1.82) is 0 Å². The maximum absolute atomic E-state index is 12.3. The number of thiocarbonyl (C=S) groups is 1. The zero-order valence-corrected chi connectivity index (χ0v) is 12.0. The first kappa shape index (κ1) is 14.3. The monoisotopic (exact) mass is 301 g/mol. The maximum Gasteiger partial charge on any atom is 0.243 e. The Bertz CT molecular complexity index is 589. The van der Waals surface area contributed by atoms with Crippen LogP contribution in [-0.4, -0.2) is 37.1 Å². The number of rotatable bonds is 4. The van der Waals surface area contributed by atoms with Gasteiger partial charge < -0.3 is 10.5 Å². The third-order valence-electron chi connectivity index (χ3n) is 2.98. The number of nitrogens with two attached hydrogens (primary N) is 1. The lowest BCUT2D eigenvalue weighted by Crippen LogP contribution is -2.39. The van der Waals surface area contributed by atoms with Crippen molar-refractivity contribution in [3.05, 3.63) is 24.0 Å². The van der Waals surface area contributed by atoms with Crippen LogP contribution in [0.15, 0.2) is 23.2 Å². The predicted octanol–water partition coefficient (Wildman–Crippen LogP) is 0.172. The first-order valence-electron chi connectivity index (χ1n) is 5.80. The molecule has 0 bridgehead atoms. The fourth-order valence-corrected chi connectivity index (χ4v) is 3.68. The molecule has 0 saturated carbocycles. The van der Waals surface area contributed by atoms with Crippen LogP contribution < -0.4 is 10.5 Å². The van der Waals surface area contributed by atoms with Crippen LogP contribution in [0.5, 0.6) is 0 Å². The number of aromatic nitrogens is 1. The molecule has 1 aromatic heterocycles. The molecule has 1 fully saturated rings. The average Bonchev–Trinajstić information content (AvgIpc) is 2.74. The second-order valence-corrected chi connectivity index (χ2v) is 6.43. The number of nitrogens with one attached hydrogen (secondary N) is 1. The van der Waals surface area contributed by atoms with Gasteiger partial charge in [-0.25, -0.2) is 13.1 Å². The summed E-state index contributed by atoms with van der Waals surface area (Å²) in [6.07, 6.45) is 1.94. The highest BCUT2D eigenvalue weighted by Gasteiger charge is 2.30. The number of pyridine rings is 1. The van der Waals surface area contributed by atoms with E-state index in [1.54, 1.807) is 0 Å². The molecule has 1 saturated heterocycles. The number of hydrogen-bond acceptors (Lipinski definition) is 5. The van der Waals surface area contributed by atoms with Crippen molar-refractivity contribution in [3.8, 4) is 0 Å². The summed E-state index contributed by atoms with van der Waals surface area (Å²) in [6.45, 7) is 2.38. The fraction of sp³-hybridized carbons (Fsp3) is 0.455. The summed E-state index contributed by atoms with van der Waals surface area (Å²) in [6, 6.07) is 2.72. The SMILES string of the molecule is CC1OCCC1NS(=O)(=O)c1cccnc1C(N)=S. The summed E-state index contributed by atoms with van der Waals surface area (Å²) in [7, 11) is -3.71. The minimum atomic E-state index is -3.71. The number of nitrogens with zero attached hydrogens (tertiary/aromatic N) is 1. The lowest BCUT2D eigenvalue weighted by molar-refractivity contribution is 0.117. The Labute approximate surface area is 117 Å². The standard InChI is InChI=1S/C11H15N3O3S2/c1-7-8(4-6-17-7)14-19(15,16)9-3-2-5-13-10(9)11(12)18/h2-3,5,7-8,14H,4,6H2,1H3,(H2,12,18). The molecule has 0 aromatic carbocycles. The van der Waals surface area contributed by atoms with Crippen LogP contribution in [0, 0.1) is 0 Å². The minimum Gasteiger partial charge on any atom is -0.388 e. The molecule has 2 atom stereocenters. The van der Waals surface area contributed by atoms with Gasteiger partial charge in [-0.1, -0.05) is 12.2 Å². The van der Waals surface area contributed by atoms with E-state index in [0.717, 1.165) is 0 Å². The smallest absolute Gasteiger partial charge is 0.243 e. The molecule has 0 radical (unpaired) electrons. The second kappa shape index (κ2) is 5.49. The molecule has 0 amide bonds. The van der Waals surface area contributed by atoms with Crippen molar-refractivity contribution >= 4 is 27.2 Å². The molecule has 1 aliphatic rings. The lowest BCUT2D eigenvalue weighted by atomic mass is 10.2. The van der Waals surface area contributed by atoms with Crippen LogP contribution >= 0.6 is 12.2 Å². The first-order chi connectivity index (χ1) is 8.92. The van der Waals surface area contributed by atoms with Gasteiger partial charge in [0.1, 0.15) is 15.6 Å². The van der Waals surface area contributed by atoms with Crippen LogP contribution in [0.25, 0.3) is 0 Å². The third kappa shape index (κ3) is 3.08. The Morgan fingerprint density at radius 2 is 2.37 bits per heavy atom. The summed E-state index contributed by atoms with van der Waals surface area (Å²) >= 11 is 4.82. The highest BCUT2D eigenvalue weighted by Crippen LogP contribution is 2.18. The Morgan fingerprint density at radius 3 is 2.95 bits per heavy atom. The molecule has 104 valence electrons. The van der Waals surface area contributed by atoms with Gasteiger partial charge in [0.15, 0.2) is 0 Å². The van der Waals surface area contributed by atoms with E-state index in [1.807, 2.05) is 6.92 Å². The van der Waals surface area contributed by atoms with E-state index >= 15 is 0 Å². The second-order valence-electron chi connectivity index (χ2n) is 4.31. The molecule has 2 heterocycles. The van der Waals surface area contributed by atoms with Crippen molar-refractivity contribution in [2.24, 2.45) is 5.73 Å². The van der Waals surface area contributed by atoms with E-state index in [0.29, 0.717) is 13.0 Å². The van der Waals surface area contributed by atoms with E-state index in [9.17, 15) is 8.42 Å². The Hall–Kier alpha value is -1.09. The van der Waals surface area contributed by atoms with Gasteiger partial charge in [-0.05, 0) is 25.5 Å². The zero-order valence-electron chi connectivity index (χ0n) is 10.4. The molecular weight excluding hydrogens is 286 g/mol. The van der Waals surface area contributed by atoms with E-state index in [-0.39, 0.29) is 27.7 Å². The molecule has 19 heavy (non-hydrogen) atoms. The maximum atomic E-state index is 12.3. The minimum absolute atomic E-state index is 0.00148. The Balaban J connectivity index is 2.32. The molecule has 0 aliphatic carbocycles. The largest absolute Gasteiger partial charge is 0.388 e. The molecule has 3 N–H and O–H groups in total. The Kier molecular flexibility index (Phi) is 4.14. The van der Waals surface area contributed by atoms with Gasteiger partial charge in [0, 0.05) is 12.8 Å². The molecule has 2 rings (SSSR count). The quantitative estimate of drug-likeness (QED) is 0.770. The summed E-state index contributed by atoms with van der Waals surface area (Å²) in [5.74, 6) is 0. The van der Waals surface area contributed by atoms with Gasteiger partial charge in [-0.3, -0.25) is 4.98 Å². The molecule has 1 aromatic rings. The van der Waals surface area contributed by atoms with Crippen molar-refractivity contribution in [1.82, 2.24) is 9.71 Å². The van der Waals surface area contributed by atoms with Crippen LogP contribution in [0.4, 0.5) is 0 Å². The number of sulfonamides is 1. The number of ether oxygens (including phenoxy) is 1. The van der Waals surface area contributed by atoms with Crippen LogP contribution in [-0.2, 0) is 14.8 Å². The molecule has 8 heteroatoms. The van der Waals surface area contributed by atoms with Crippen molar-refractivity contribution in [3.63, 3.8) is 0 Å². The van der Waals surface area contributed by atoms with Gasteiger partial charge in [-0.2, -0.15) is 0 Å². The van der Waals surface area contributed by atoms with E-state index in [4.69, 9.17) is 22.7 Å². The summed E-state index contributed by atoms with van der Waals surface area (Å²) in [5.41, 5.74) is 5.61. The van der Waals surface area contributed by atoms with Gasteiger partial charge >= 0.3 is 0 Å². The van der Waals surface area contributed by atoms with Gasteiger partial charge in [-0.15, -0.1) is 0 Å². The van der Waals surface area contributed by atoms with Crippen molar-refractivity contribution < 1.29 is 13.2 Å². The Morgan fingerprint density at radius 1 is 1.63 bits per heavy atom. The zero-order chi connectivity index (χ0) is 14.0. The molecule has 2 unspecified atom stereocenters. The third-order valence-corrected chi connectivity index (χ3v) is 4.69. The molecule has 1 aliphatic heterocycles. The molecule has 0 spiro atoms. The van der Waals surface area contributed by atoms with E-state index in [2.05, 4.69) is 9.71 Å². The summed E-state index contributed by atoms with van der Waals surface area (Å²) in [5, 5.41) is 0. The van der Waals surface area contributed by atoms with Crippen LogP contribution in [0.2, 0.25) is 0 Å². The van der Waals surface area contributed by atoms with Gasteiger partial charge in [0.05, 0.1) is 12.1 Å². The number of hydrogen-bond donors (Lipinski definition) is 2. The van der Waals surface area contributed by atoms with E-state index < -0.39 is 10.0 Å². The van der Waals surface area contributed by atoms with Crippen LogP contribution in [0.3, 0.4) is 0 Å². The predicted molar refractivity (Wildman–Crippen MR) is 74.3 cm³/mol. The lowest BCUT2D eigenvalue weighted by Gasteiger charge is -2.17. The topological polar surface area (TPSA) is 94.3 Å². The average molecular weight is 301 g/mol. The van der Waals surface area contributed by atoms with Gasteiger partial charge in [0.25, 0.3) is 0 Å². The summed E-state index contributed by atoms with van der Waals surface area (Å²) in [4.78, 5) is 3.88. The normalized spacial score (nSPS) is 23.4. The van der Waals surface area contributed by atoms with Crippen molar-refractivity contribution in [2.45, 2.75) is 30.4 Å².